The molecule has 31 heavy (non-hydrogen) atoms. The summed E-state index contributed by atoms with van der Waals surface area (Å²) in [5, 5.41) is 14.0. The van der Waals surface area contributed by atoms with Crippen LogP contribution in [-0.2, 0) is 4.74 Å². The molecule has 1 N–H and O–H groups in total. The number of ether oxygens (including phenoxy) is 2. The highest BCUT2D eigenvalue weighted by atomic mass is 16.6. The SMILES string of the molecule is COCCNC(=O)c1cc2ccc(OC(=O)c3ccc(C)c([N+](=O)[O-])c3)cc2oc1=O. The Morgan fingerprint density at radius 2 is 1.94 bits per heavy atom. The van der Waals surface area contributed by atoms with Gasteiger partial charge in [0.15, 0.2) is 0 Å². The average molecular weight is 426 g/mol. The maximum absolute atomic E-state index is 12.4. The second-order valence-electron chi connectivity index (χ2n) is 6.54. The van der Waals surface area contributed by atoms with Gasteiger partial charge in [0.1, 0.15) is 16.9 Å². The molecule has 10 nitrogen and oxygen atoms in total. The second-order valence-corrected chi connectivity index (χ2v) is 6.54. The molecule has 0 aliphatic heterocycles. The highest BCUT2D eigenvalue weighted by Crippen LogP contribution is 2.23. The van der Waals surface area contributed by atoms with Crippen LogP contribution in [0.2, 0.25) is 0 Å². The maximum atomic E-state index is 12.4. The van der Waals surface area contributed by atoms with Crippen LogP contribution in [0.5, 0.6) is 5.75 Å². The first kappa shape index (κ1) is 21.7. The van der Waals surface area contributed by atoms with Gasteiger partial charge in [-0.2, -0.15) is 0 Å². The van der Waals surface area contributed by atoms with Crippen LogP contribution in [0.3, 0.4) is 0 Å². The molecule has 0 radical (unpaired) electrons. The van der Waals surface area contributed by atoms with Crippen molar-refractivity contribution in [3.8, 4) is 5.75 Å². The third-order valence-electron chi connectivity index (χ3n) is 4.40. The standard InChI is InChI=1S/C21H18N2O8/c1-12-3-4-14(10-17(12)23(27)28)20(25)30-15-6-5-13-9-16(19(24)22-7-8-29-2)21(26)31-18(13)11-15/h3-6,9-11H,7-8H2,1-2H3,(H,22,24). The molecular weight excluding hydrogens is 408 g/mol. The number of carbonyl (C=O) groups is 2. The van der Waals surface area contributed by atoms with Gasteiger partial charge in [-0.05, 0) is 31.2 Å². The van der Waals surface area contributed by atoms with Crippen LogP contribution >= 0.6 is 0 Å². The molecule has 1 heterocycles. The van der Waals surface area contributed by atoms with E-state index in [9.17, 15) is 24.5 Å². The van der Waals surface area contributed by atoms with E-state index in [1.165, 1.54) is 43.5 Å². The summed E-state index contributed by atoms with van der Waals surface area (Å²) >= 11 is 0. The monoisotopic (exact) mass is 426 g/mol. The van der Waals surface area contributed by atoms with Crippen molar-refractivity contribution in [3.05, 3.63) is 79.7 Å². The Morgan fingerprint density at radius 1 is 1.16 bits per heavy atom. The van der Waals surface area contributed by atoms with Crippen molar-refractivity contribution in [1.29, 1.82) is 0 Å². The number of methoxy groups -OCH3 is 1. The summed E-state index contributed by atoms with van der Waals surface area (Å²) in [7, 11) is 1.49. The van der Waals surface area contributed by atoms with Crippen molar-refractivity contribution in [2.45, 2.75) is 6.92 Å². The number of aryl methyl sites for hydroxylation is 1. The number of esters is 1. The highest BCUT2D eigenvalue weighted by molar-refractivity contribution is 5.97. The predicted octanol–water partition coefficient (Wildman–Crippen LogP) is 2.61. The molecule has 10 heteroatoms. The molecule has 1 amide bonds. The van der Waals surface area contributed by atoms with Crippen LogP contribution < -0.4 is 15.7 Å². The summed E-state index contributed by atoms with van der Waals surface area (Å²) in [5.41, 5.74) is -0.688. The zero-order chi connectivity index (χ0) is 22.5. The van der Waals surface area contributed by atoms with Gasteiger partial charge in [0.25, 0.3) is 11.6 Å². The molecule has 0 aliphatic rings. The van der Waals surface area contributed by atoms with E-state index < -0.39 is 22.4 Å². The van der Waals surface area contributed by atoms with E-state index in [1.54, 1.807) is 6.92 Å². The van der Waals surface area contributed by atoms with Crippen LogP contribution in [0.4, 0.5) is 5.69 Å². The molecule has 0 spiro atoms. The van der Waals surface area contributed by atoms with E-state index in [2.05, 4.69) is 5.32 Å². The van der Waals surface area contributed by atoms with E-state index >= 15 is 0 Å². The predicted molar refractivity (Wildman–Crippen MR) is 109 cm³/mol. The Morgan fingerprint density at radius 3 is 2.65 bits per heavy atom. The number of fused-ring (bicyclic) bond motifs is 1. The van der Waals surface area contributed by atoms with Crippen molar-refractivity contribution in [3.63, 3.8) is 0 Å². The molecule has 0 unspecified atom stereocenters. The zero-order valence-electron chi connectivity index (χ0n) is 16.7. The molecule has 2 aromatic carbocycles. The van der Waals surface area contributed by atoms with Crippen molar-refractivity contribution in [2.24, 2.45) is 0 Å². The van der Waals surface area contributed by atoms with Crippen LogP contribution in [0.25, 0.3) is 11.0 Å². The van der Waals surface area contributed by atoms with Crippen molar-refractivity contribution < 1.29 is 28.4 Å². The number of hydrogen-bond acceptors (Lipinski definition) is 8. The molecule has 0 saturated carbocycles. The summed E-state index contributed by atoms with van der Waals surface area (Å²) in [4.78, 5) is 47.1. The Hall–Kier alpha value is -4.05. The lowest BCUT2D eigenvalue weighted by Crippen LogP contribution is -2.30. The van der Waals surface area contributed by atoms with Gasteiger partial charge in [0, 0.05) is 36.7 Å². The van der Waals surface area contributed by atoms with E-state index in [1.807, 2.05) is 0 Å². The molecule has 0 atom stereocenters. The van der Waals surface area contributed by atoms with Gasteiger partial charge in [-0.25, -0.2) is 9.59 Å². The van der Waals surface area contributed by atoms with Crippen LogP contribution in [0, 0.1) is 17.0 Å². The number of amides is 1. The number of nitrogens with one attached hydrogen (secondary N) is 1. The van der Waals surface area contributed by atoms with Crippen molar-refractivity contribution in [2.75, 3.05) is 20.3 Å². The number of nitro groups is 1. The van der Waals surface area contributed by atoms with E-state index in [4.69, 9.17) is 13.9 Å². The van der Waals surface area contributed by atoms with E-state index in [0.29, 0.717) is 17.6 Å². The smallest absolute Gasteiger partial charge is 0.349 e. The number of nitro benzene ring substituents is 1. The zero-order valence-corrected chi connectivity index (χ0v) is 16.7. The summed E-state index contributed by atoms with van der Waals surface area (Å²) in [5.74, 6) is -1.33. The first-order valence-electron chi connectivity index (χ1n) is 9.12. The summed E-state index contributed by atoms with van der Waals surface area (Å²) < 4.78 is 15.3. The number of rotatable bonds is 7. The van der Waals surface area contributed by atoms with Crippen LogP contribution in [0.1, 0.15) is 26.3 Å². The number of benzene rings is 2. The molecule has 0 aliphatic carbocycles. The van der Waals surface area contributed by atoms with Crippen molar-refractivity contribution in [1.82, 2.24) is 5.32 Å². The first-order valence-corrected chi connectivity index (χ1v) is 9.12. The molecule has 0 fully saturated rings. The third kappa shape index (κ3) is 4.93. The Bertz CT molecular complexity index is 1230. The second kappa shape index (κ2) is 9.18. The molecule has 3 rings (SSSR count). The lowest BCUT2D eigenvalue weighted by Gasteiger charge is -2.07. The molecule has 0 saturated heterocycles. The molecule has 160 valence electrons. The summed E-state index contributed by atoms with van der Waals surface area (Å²) in [6, 6.07) is 9.67. The summed E-state index contributed by atoms with van der Waals surface area (Å²) in [6.45, 7) is 2.09. The van der Waals surface area contributed by atoms with Gasteiger partial charge in [0.2, 0.25) is 0 Å². The fourth-order valence-electron chi connectivity index (χ4n) is 2.77. The van der Waals surface area contributed by atoms with Crippen LogP contribution in [0.15, 0.2) is 51.7 Å². The van der Waals surface area contributed by atoms with Gasteiger partial charge in [0.05, 0.1) is 17.1 Å². The largest absolute Gasteiger partial charge is 0.423 e. The highest BCUT2D eigenvalue weighted by Gasteiger charge is 2.18. The van der Waals surface area contributed by atoms with E-state index in [-0.39, 0.29) is 34.7 Å². The van der Waals surface area contributed by atoms with Gasteiger partial charge in [-0.1, -0.05) is 6.07 Å². The Labute approximate surface area is 175 Å². The minimum atomic E-state index is -0.847. The fourth-order valence-corrected chi connectivity index (χ4v) is 2.77. The number of carbonyl (C=O) groups excluding carboxylic acids is 2. The molecule has 3 aromatic rings. The minimum absolute atomic E-state index is 0.00178. The summed E-state index contributed by atoms with van der Waals surface area (Å²) in [6.07, 6.45) is 0. The maximum Gasteiger partial charge on any atom is 0.349 e. The third-order valence-corrected chi connectivity index (χ3v) is 4.40. The minimum Gasteiger partial charge on any atom is -0.423 e. The number of nitrogens with zero attached hydrogens (tertiary/aromatic N) is 1. The van der Waals surface area contributed by atoms with Crippen molar-refractivity contribution >= 4 is 28.5 Å². The quantitative estimate of drug-likeness (QED) is 0.152. The molecule has 0 bridgehead atoms. The average Bonchev–Trinajstić information content (AvgIpc) is 2.73. The van der Waals surface area contributed by atoms with Gasteiger partial charge < -0.3 is 19.2 Å². The lowest BCUT2D eigenvalue weighted by molar-refractivity contribution is -0.385. The van der Waals surface area contributed by atoms with Crippen LogP contribution in [-0.4, -0.2) is 37.1 Å². The van der Waals surface area contributed by atoms with E-state index in [0.717, 1.165) is 6.07 Å². The fraction of sp³-hybridized carbons (Fsp3) is 0.190. The normalized spacial score (nSPS) is 10.6. The van der Waals surface area contributed by atoms with Gasteiger partial charge >= 0.3 is 11.6 Å². The number of hydrogen-bond donors (Lipinski definition) is 1. The van der Waals surface area contributed by atoms with Gasteiger partial charge in [-0.3, -0.25) is 14.9 Å². The van der Waals surface area contributed by atoms with Gasteiger partial charge in [-0.15, -0.1) is 0 Å². The molecule has 1 aromatic heterocycles. The topological polar surface area (TPSA) is 138 Å². The Kier molecular flexibility index (Phi) is 6.41. The lowest BCUT2D eigenvalue weighted by atomic mass is 10.1. The molecular formula is C21H18N2O8. The Balaban J connectivity index is 1.83. The first-order chi connectivity index (χ1) is 14.8.